The number of esters is 1. The van der Waals surface area contributed by atoms with Gasteiger partial charge in [-0.05, 0) is 49.1 Å². The summed E-state index contributed by atoms with van der Waals surface area (Å²) in [5.74, 6) is -0.0357. The van der Waals surface area contributed by atoms with Crippen LogP contribution in [0.5, 0.6) is 5.75 Å². The molecular weight excluding hydrogens is 314 g/mol. The molecule has 122 valence electrons. The van der Waals surface area contributed by atoms with Gasteiger partial charge in [0.25, 0.3) is 5.91 Å². The summed E-state index contributed by atoms with van der Waals surface area (Å²) < 4.78 is 10.2. The van der Waals surface area contributed by atoms with E-state index in [1.165, 1.54) is 0 Å². The van der Waals surface area contributed by atoms with Gasteiger partial charge in [0.1, 0.15) is 5.75 Å². The monoisotopic (exact) mass is 333 g/mol. The number of ether oxygens (including phenoxy) is 2. The van der Waals surface area contributed by atoms with Crippen LogP contribution in [0.25, 0.3) is 0 Å². The standard InChI is InChI=1S/C17H19NO4S/c1-12(22-16(19)10-9-15-4-3-11-23-15)17(20)18-13-5-7-14(21-2)8-6-13/h3-8,11-12H,9-10H2,1-2H3,(H,18,20)/t12-/m1/s1. The number of hydrogen-bond acceptors (Lipinski definition) is 5. The third-order valence-electron chi connectivity index (χ3n) is 3.19. The Balaban J connectivity index is 1.78. The Bertz CT molecular complexity index is 637. The zero-order chi connectivity index (χ0) is 16.7. The number of thiophene rings is 1. The Hall–Kier alpha value is -2.34. The van der Waals surface area contributed by atoms with Crippen molar-refractivity contribution in [1.82, 2.24) is 0 Å². The first-order valence-electron chi connectivity index (χ1n) is 7.25. The highest BCUT2D eigenvalue weighted by Gasteiger charge is 2.18. The number of anilines is 1. The van der Waals surface area contributed by atoms with Gasteiger partial charge in [-0.3, -0.25) is 9.59 Å². The molecule has 6 heteroatoms. The number of amides is 1. The average Bonchev–Trinajstić information content (AvgIpc) is 3.07. The van der Waals surface area contributed by atoms with E-state index in [2.05, 4.69) is 5.32 Å². The Morgan fingerprint density at radius 1 is 1.22 bits per heavy atom. The van der Waals surface area contributed by atoms with E-state index in [-0.39, 0.29) is 18.3 Å². The molecule has 1 aromatic carbocycles. The highest BCUT2D eigenvalue weighted by atomic mass is 32.1. The van der Waals surface area contributed by atoms with Crippen LogP contribution in [-0.2, 0) is 20.7 Å². The Morgan fingerprint density at radius 2 is 1.96 bits per heavy atom. The molecule has 0 aliphatic rings. The average molecular weight is 333 g/mol. The molecule has 0 bridgehead atoms. The van der Waals surface area contributed by atoms with Crippen molar-refractivity contribution in [3.05, 3.63) is 46.7 Å². The van der Waals surface area contributed by atoms with Crippen molar-refractivity contribution >= 4 is 28.9 Å². The van der Waals surface area contributed by atoms with Crippen LogP contribution in [0.2, 0.25) is 0 Å². The topological polar surface area (TPSA) is 64.6 Å². The van der Waals surface area contributed by atoms with Gasteiger partial charge in [-0.15, -0.1) is 11.3 Å². The van der Waals surface area contributed by atoms with Crippen molar-refractivity contribution in [3.63, 3.8) is 0 Å². The summed E-state index contributed by atoms with van der Waals surface area (Å²) in [4.78, 5) is 24.9. The van der Waals surface area contributed by atoms with Gasteiger partial charge in [-0.25, -0.2) is 0 Å². The summed E-state index contributed by atoms with van der Waals surface area (Å²) in [6.07, 6.45) is 0.0530. The van der Waals surface area contributed by atoms with Crippen molar-refractivity contribution in [3.8, 4) is 5.75 Å². The number of nitrogens with one attached hydrogen (secondary N) is 1. The zero-order valence-corrected chi connectivity index (χ0v) is 13.9. The molecule has 0 radical (unpaired) electrons. The normalized spacial score (nSPS) is 11.6. The first kappa shape index (κ1) is 17.0. The summed E-state index contributed by atoms with van der Waals surface area (Å²) in [5, 5.41) is 4.66. The Kier molecular flexibility index (Phi) is 6.17. The predicted octanol–water partition coefficient (Wildman–Crippen LogP) is 3.26. The number of aryl methyl sites for hydroxylation is 1. The van der Waals surface area contributed by atoms with E-state index in [9.17, 15) is 9.59 Å². The molecule has 23 heavy (non-hydrogen) atoms. The van der Waals surface area contributed by atoms with E-state index in [0.29, 0.717) is 17.9 Å². The number of hydrogen-bond donors (Lipinski definition) is 1. The van der Waals surface area contributed by atoms with Gasteiger partial charge in [0.05, 0.1) is 13.5 Å². The fourth-order valence-electron chi connectivity index (χ4n) is 1.91. The fraction of sp³-hybridized carbons (Fsp3) is 0.294. The minimum Gasteiger partial charge on any atom is -0.497 e. The lowest BCUT2D eigenvalue weighted by Gasteiger charge is -2.13. The second-order valence-corrected chi connectivity index (χ2v) is 5.96. The van der Waals surface area contributed by atoms with Gasteiger partial charge in [-0.2, -0.15) is 0 Å². The molecular formula is C17H19NO4S. The molecule has 5 nitrogen and oxygen atoms in total. The first-order chi connectivity index (χ1) is 11.1. The highest BCUT2D eigenvalue weighted by Crippen LogP contribution is 2.16. The molecule has 0 saturated carbocycles. The fourth-order valence-corrected chi connectivity index (χ4v) is 2.62. The number of carbonyl (C=O) groups excluding carboxylic acids is 2. The summed E-state index contributed by atoms with van der Waals surface area (Å²) in [5.41, 5.74) is 0.622. The third kappa shape index (κ3) is 5.41. The largest absolute Gasteiger partial charge is 0.497 e. The van der Waals surface area contributed by atoms with E-state index in [1.54, 1.807) is 49.6 Å². The SMILES string of the molecule is COc1ccc(NC(=O)[C@@H](C)OC(=O)CCc2cccs2)cc1. The Morgan fingerprint density at radius 3 is 2.57 bits per heavy atom. The van der Waals surface area contributed by atoms with Gasteiger partial charge >= 0.3 is 5.97 Å². The van der Waals surface area contributed by atoms with E-state index < -0.39 is 6.10 Å². The number of methoxy groups -OCH3 is 1. The second-order valence-electron chi connectivity index (χ2n) is 4.93. The summed E-state index contributed by atoms with van der Waals surface area (Å²) in [6.45, 7) is 1.56. The maximum atomic E-state index is 12.0. The smallest absolute Gasteiger partial charge is 0.306 e. The molecule has 2 aromatic rings. The maximum Gasteiger partial charge on any atom is 0.306 e. The lowest BCUT2D eigenvalue weighted by atomic mass is 10.2. The lowest BCUT2D eigenvalue weighted by Crippen LogP contribution is -2.30. The van der Waals surface area contributed by atoms with Crippen LogP contribution < -0.4 is 10.1 Å². The van der Waals surface area contributed by atoms with E-state index in [4.69, 9.17) is 9.47 Å². The van der Waals surface area contributed by atoms with Crippen molar-refractivity contribution in [1.29, 1.82) is 0 Å². The molecule has 2 rings (SSSR count). The van der Waals surface area contributed by atoms with Gasteiger partial charge in [0.2, 0.25) is 0 Å². The molecule has 0 unspecified atom stereocenters. The zero-order valence-electron chi connectivity index (χ0n) is 13.1. The molecule has 0 fully saturated rings. The maximum absolute atomic E-state index is 12.0. The molecule has 1 heterocycles. The van der Waals surface area contributed by atoms with Crippen molar-refractivity contribution in [2.75, 3.05) is 12.4 Å². The van der Waals surface area contributed by atoms with E-state index in [0.717, 1.165) is 4.88 Å². The van der Waals surface area contributed by atoms with Crippen LogP contribution in [-0.4, -0.2) is 25.1 Å². The molecule has 1 amide bonds. The predicted molar refractivity (Wildman–Crippen MR) is 89.8 cm³/mol. The molecule has 0 spiro atoms. The van der Waals surface area contributed by atoms with Crippen LogP contribution in [0.4, 0.5) is 5.69 Å². The van der Waals surface area contributed by atoms with Crippen molar-refractivity contribution in [2.45, 2.75) is 25.9 Å². The molecule has 1 atom stereocenters. The summed E-state index contributed by atoms with van der Waals surface area (Å²) >= 11 is 1.60. The van der Waals surface area contributed by atoms with Crippen LogP contribution in [0.15, 0.2) is 41.8 Å². The molecule has 1 N–H and O–H groups in total. The van der Waals surface area contributed by atoms with Gasteiger partial charge in [0.15, 0.2) is 6.10 Å². The van der Waals surface area contributed by atoms with Gasteiger partial charge in [0, 0.05) is 10.6 Å². The molecule has 0 aliphatic carbocycles. The third-order valence-corrected chi connectivity index (χ3v) is 4.13. The van der Waals surface area contributed by atoms with Crippen LogP contribution in [0.1, 0.15) is 18.2 Å². The molecule has 1 aromatic heterocycles. The van der Waals surface area contributed by atoms with Crippen LogP contribution in [0, 0.1) is 0 Å². The van der Waals surface area contributed by atoms with Crippen LogP contribution in [0.3, 0.4) is 0 Å². The van der Waals surface area contributed by atoms with Gasteiger partial charge < -0.3 is 14.8 Å². The van der Waals surface area contributed by atoms with Crippen molar-refractivity contribution < 1.29 is 19.1 Å². The summed E-state index contributed by atoms with van der Waals surface area (Å²) in [7, 11) is 1.57. The quantitative estimate of drug-likeness (QED) is 0.790. The minimum atomic E-state index is -0.840. The number of benzene rings is 1. The molecule has 0 saturated heterocycles. The second kappa shape index (κ2) is 8.33. The van der Waals surface area contributed by atoms with E-state index >= 15 is 0 Å². The Labute approximate surface area is 139 Å². The van der Waals surface area contributed by atoms with Crippen LogP contribution >= 0.6 is 11.3 Å². The highest BCUT2D eigenvalue weighted by molar-refractivity contribution is 7.09. The first-order valence-corrected chi connectivity index (χ1v) is 8.13. The lowest BCUT2D eigenvalue weighted by molar-refractivity contribution is -0.153. The van der Waals surface area contributed by atoms with Crippen molar-refractivity contribution in [2.24, 2.45) is 0 Å². The minimum absolute atomic E-state index is 0.265. The number of rotatable bonds is 7. The van der Waals surface area contributed by atoms with E-state index in [1.807, 2.05) is 17.5 Å². The molecule has 0 aliphatic heterocycles. The summed E-state index contributed by atoms with van der Waals surface area (Å²) in [6, 6.07) is 10.8. The van der Waals surface area contributed by atoms with Gasteiger partial charge in [-0.1, -0.05) is 6.07 Å². The number of carbonyl (C=O) groups is 2.